The van der Waals surface area contributed by atoms with Crippen molar-refractivity contribution in [2.75, 3.05) is 13.1 Å². The van der Waals surface area contributed by atoms with Crippen LogP contribution in [0.5, 0.6) is 0 Å². The zero-order valence-electron chi connectivity index (χ0n) is 18.2. The number of amides is 3. The van der Waals surface area contributed by atoms with Crippen LogP contribution in [0, 0.1) is 5.92 Å². The number of hydrogen-bond acceptors (Lipinski definition) is 3. The van der Waals surface area contributed by atoms with Crippen LogP contribution in [0.25, 0.3) is 0 Å². The van der Waals surface area contributed by atoms with E-state index in [4.69, 9.17) is 4.42 Å². The second kappa shape index (κ2) is 9.83. The summed E-state index contributed by atoms with van der Waals surface area (Å²) in [4.78, 5) is 26.9. The third kappa shape index (κ3) is 5.88. The molecule has 1 aliphatic heterocycles. The molecule has 0 saturated carbocycles. The van der Waals surface area contributed by atoms with Crippen LogP contribution in [0.15, 0.2) is 53.1 Å². The predicted octanol–water partition coefficient (Wildman–Crippen LogP) is 4.07. The molecule has 1 fully saturated rings. The van der Waals surface area contributed by atoms with Gasteiger partial charge in [-0.3, -0.25) is 4.79 Å². The van der Waals surface area contributed by atoms with Gasteiger partial charge in [0.15, 0.2) is 0 Å². The van der Waals surface area contributed by atoms with Gasteiger partial charge in [-0.15, -0.1) is 0 Å². The number of nitrogens with one attached hydrogen (secondary N) is 2. The van der Waals surface area contributed by atoms with E-state index in [1.165, 1.54) is 5.56 Å². The molecule has 1 saturated heterocycles. The third-order valence-corrected chi connectivity index (χ3v) is 5.91. The zero-order valence-corrected chi connectivity index (χ0v) is 18.2. The van der Waals surface area contributed by atoms with Gasteiger partial charge in [-0.25, -0.2) is 4.79 Å². The number of furan rings is 1. The molecule has 0 radical (unpaired) electrons. The number of carbonyl (C=O) groups excluding carboxylic acids is 2. The van der Waals surface area contributed by atoms with Crippen molar-refractivity contribution in [1.82, 2.24) is 15.5 Å². The first-order valence-electron chi connectivity index (χ1n) is 10.8. The normalized spacial score (nSPS) is 16.2. The van der Waals surface area contributed by atoms with Crippen molar-refractivity contribution < 1.29 is 14.0 Å². The number of benzene rings is 1. The summed E-state index contributed by atoms with van der Waals surface area (Å²) >= 11 is 0. The van der Waals surface area contributed by atoms with E-state index in [9.17, 15) is 9.59 Å². The summed E-state index contributed by atoms with van der Waals surface area (Å²) in [6, 6.07) is 14.1. The molecule has 1 aromatic carbocycles. The Kier molecular flexibility index (Phi) is 7.19. The molecule has 6 heteroatoms. The van der Waals surface area contributed by atoms with E-state index in [0.29, 0.717) is 32.5 Å². The Hall–Kier alpha value is -2.76. The molecule has 30 heavy (non-hydrogen) atoms. The minimum absolute atomic E-state index is 0.0208. The lowest BCUT2D eigenvalue weighted by Gasteiger charge is -2.34. The highest BCUT2D eigenvalue weighted by molar-refractivity contribution is 5.79. The van der Waals surface area contributed by atoms with E-state index < -0.39 is 0 Å². The summed E-state index contributed by atoms with van der Waals surface area (Å²) in [5, 5.41) is 6.06. The van der Waals surface area contributed by atoms with Gasteiger partial charge < -0.3 is 20.0 Å². The Morgan fingerprint density at radius 2 is 1.83 bits per heavy atom. The fourth-order valence-corrected chi connectivity index (χ4v) is 4.20. The van der Waals surface area contributed by atoms with Gasteiger partial charge in [-0.2, -0.15) is 0 Å². The Morgan fingerprint density at radius 3 is 2.47 bits per heavy atom. The number of likely N-dealkylation sites (tertiary alicyclic amines) is 1. The van der Waals surface area contributed by atoms with Crippen molar-refractivity contribution in [1.29, 1.82) is 0 Å². The number of nitrogens with zero attached hydrogens (tertiary/aromatic N) is 1. The van der Waals surface area contributed by atoms with Crippen LogP contribution in [-0.2, 0) is 16.8 Å². The second-order valence-electron chi connectivity index (χ2n) is 8.86. The minimum atomic E-state index is -0.0570. The lowest BCUT2D eigenvalue weighted by Crippen LogP contribution is -2.49. The molecular formula is C24H33N3O3. The van der Waals surface area contributed by atoms with Gasteiger partial charge in [0, 0.05) is 25.0 Å². The Labute approximate surface area is 179 Å². The van der Waals surface area contributed by atoms with E-state index in [1.807, 2.05) is 17.0 Å². The van der Waals surface area contributed by atoms with Gasteiger partial charge in [0.2, 0.25) is 5.91 Å². The predicted molar refractivity (Wildman–Crippen MR) is 117 cm³/mol. The maximum atomic E-state index is 12.7. The van der Waals surface area contributed by atoms with Gasteiger partial charge in [0.05, 0.1) is 12.8 Å². The SMILES string of the molecule is CC(CC(C)(C)c1ccccc1)NC(=O)N1CCC(C(=O)NCc2ccco2)CC1. The summed E-state index contributed by atoms with van der Waals surface area (Å²) < 4.78 is 5.24. The Morgan fingerprint density at radius 1 is 1.13 bits per heavy atom. The molecule has 1 atom stereocenters. The lowest BCUT2D eigenvalue weighted by atomic mass is 9.79. The van der Waals surface area contributed by atoms with E-state index in [1.54, 1.807) is 12.3 Å². The number of urea groups is 1. The third-order valence-electron chi connectivity index (χ3n) is 5.91. The topological polar surface area (TPSA) is 74.6 Å². The molecular weight excluding hydrogens is 378 g/mol. The molecule has 0 aliphatic carbocycles. The molecule has 0 spiro atoms. The fraction of sp³-hybridized carbons (Fsp3) is 0.500. The maximum absolute atomic E-state index is 12.7. The van der Waals surface area contributed by atoms with Gasteiger partial charge in [-0.05, 0) is 49.3 Å². The van der Waals surface area contributed by atoms with E-state index in [2.05, 4.69) is 55.7 Å². The first kappa shape index (κ1) is 21.9. The average molecular weight is 412 g/mol. The Balaban J connectivity index is 1.42. The van der Waals surface area contributed by atoms with E-state index >= 15 is 0 Å². The van der Waals surface area contributed by atoms with E-state index in [0.717, 1.165) is 12.2 Å². The summed E-state index contributed by atoms with van der Waals surface area (Å²) in [5.41, 5.74) is 1.25. The first-order chi connectivity index (χ1) is 14.3. The highest BCUT2D eigenvalue weighted by Crippen LogP contribution is 2.28. The minimum Gasteiger partial charge on any atom is -0.467 e. The average Bonchev–Trinajstić information content (AvgIpc) is 3.26. The van der Waals surface area contributed by atoms with Crippen LogP contribution < -0.4 is 10.6 Å². The monoisotopic (exact) mass is 411 g/mol. The quantitative estimate of drug-likeness (QED) is 0.721. The van der Waals surface area contributed by atoms with Crippen molar-refractivity contribution in [2.24, 2.45) is 5.92 Å². The number of rotatable bonds is 7. The fourth-order valence-electron chi connectivity index (χ4n) is 4.20. The summed E-state index contributed by atoms with van der Waals surface area (Å²) in [7, 11) is 0. The van der Waals surface area contributed by atoms with Gasteiger partial charge in [0.25, 0.3) is 0 Å². The smallest absolute Gasteiger partial charge is 0.317 e. The molecule has 6 nitrogen and oxygen atoms in total. The molecule has 2 N–H and O–H groups in total. The number of carbonyl (C=O) groups is 2. The molecule has 3 rings (SSSR count). The van der Waals surface area contributed by atoms with Crippen LogP contribution in [0.1, 0.15) is 51.4 Å². The standard InChI is InChI=1S/C24H33N3O3/c1-18(16-24(2,3)20-8-5-4-6-9-20)26-23(29)27-13-11-19(12-14-27)22(28)25-17-21-10-7-15-30-21/h4-10,15,18-19H,11-14,16-17H2,1-3H3,(H,25,28)(H,26,29). The molecule has 1 unspecified atom stereocenters. The zero-order chi connectivity index (χ0) is 21.6. The Bertz CT molecular complexity index is 809. The van der Waals surface area contributed by atoms with Crippen molar-refractivity contribution in [3.05, 3.63) is 60.1 Å². The summed E-state index contributed by atoms with van der Waals surface area (Å²) in [5.74, 6) is 0.718. The van der Waals surface area contributed by atoms with Crippen LogP contribution in [-0.4, -0.2) is 36.0 Å². The largest absolute Gasteiger partial charge is 0.467 e. The van der Waals surface area contributed by atoms with Crippen molar-refractivity contribution in [3.8, 4) is 0 Å². The van der Waals surface area contributed by atoms with Crippen molar-refractivity contribution in [3.63, 3.8) is 0 Å². The van der Waals surface area contributed by atoms with Crippen LogP contribution in [0.4, 0.5) is 4.79 Å². The van der Waals surface area contributed by atoms with Gasteiger partial charge in [-0.1, -0.05) is 44.2 Å². The molecule has 1 aromatic heterocycles. The molecule has 3 amide bonds. The number of piperidine rings is 1. The molecule has 162 valence electrons. The van der Waals surface area contributed by atoms with Crippen molar-refractivity contribution in [2.45, 2.75) is 58.0 Å². The second-order valence-corrected chi connectivity index (χ2v) is 8.86. The summed E-state index contributed by atoms with van der Waals surface area (Å²) in [6.45, 7) is 8.06. The van der Waals surface area contributed by atoms with Crippen LogP contribution in [0.2, 0.25) is 0 Å². The molecule has 0 bridgehead atoms. The highest BCUT2D eigenvalue weighted by Gasteiger charge is 2.29. The van der Waals surface area contributed by atoms with Crippen LogP contribution in [0.3, 0.4) is 0 Å². The first-order valence-corrected chi connectivity index (χ1v) is 10.8. The lowest BCUT2D eigenvalue weighted by molar-refractivity contribution is -0.126. The summed E-state index contributed by atoms with van der Waals surface area (Å²) in [6.07, 6.45) is 3.82. The number of hydrogen-bond donors (Lipinski definition) is 2. The van der Waals surface area contributed by atoms with Crippen LogP contribution >= 0.6 is 0 Å². The molecule has 1 aliphatic rings. The van der Waals surface area contributed by atoms with Crippen molar-refractivity contribution >= 4 is 11.9 Å². The van der Waals surface area contributed by atoms with Gasteiger partial charge >= 0.3 is 6.03 Å². The maximum Gasteiger partial charge on any atom is 0.317 e. The van der Waals surface area contributed by atoms with E-state index in [-0.39, 0.29) is 29.3 Å². The molecule has 2 aromatic rings. The van der Waals surface area contributed by atoms with Gasteiger partial charge in [0.1, 0.15) is 5.76 Å². The molecule has 2 heterocycles. The highest BCUT2D eigenvalue weighted by atomic mass is 16.3.